The molecule has 0 unspecified atom stereocenters. The zero-order valence-corrected chi connectivity index (χ0v) is 9.31. The van der Waals surface area contributed by atoms with E-state index in [9.17, 15) is 9.90 Å². The number of aliphatic hydroxyl groups is 1. The largest absolute Gasteiger partial charge is 0.480 e. The minimum Gasteiger partial charge on any atom is -0.480 e. The molecular formula is C9H9BrN2O3. The number of rotatable bonds is 2. The lowest BCUT2D eigenvalue weighted by Gasteiger charge is -2.39. The molecule has 1 heterocycles. The second kappa shape index (κ2) is 3.53. The molecule has 2 rings (SSSR count). The van der Waals surface area contributed by atoms with E-state index in [0.717, 1.165) is 0 Å². The highest BCUT2D eigenvalue weighted by Gasteiger charge is 2.53. The molecule has 15 heavy (non-hydrogen) atoms. The third-order valence-electron chi connectivity index (χ3n) is 2.63. The quantitative estimate of drug-likeness (QED) is 0.829. The molecule has 0 aromatic carbocycles. The maximum Gasteiger partial charge on any atom is 0.317 e. The van der Waals surface area contributed by atoms with E-state index in [-0.39, 0.29) is 18.7 Å². The normalized spacial score (nSPS) is 29.6. The van der Waals surface area contributed by atoms with Gasteiger partial charge in [0, 0.05) is 12.4 Å². The van der Waals surface area contributed by atoms with Crippen molar-refractivity contribution in [3.63, 3.8) is 0 Å². The lowest BCUT2D eigenvalue weighted by molar-refractivity contribution is -0.153. The summed E-state index contributed by atoms with van der Waals surface area (Å²) in [7, 11) is 0. The number of carboxylic acids is 1. The Morgan fingerprint density at radius 1 is 1.47 bits per heavy atom. The van der Waals surface area contributed by atoms with Crippen molar-refractivity contribution >= 4 is 21.9 Å². The van der Waals surface area contributed by atoms with E-state index < -0.39 is 17.5 Å². The molecular weight excluding hydrogens is 264 g/mol. The summed E-state index contributed by atoms with van der Waals surface area (Å²) in [5.74, 6) is -0.710. The maximum atomic E-state index is 11.1. The zero-order chi connectivity index (χ0) is 11.1. The number of aliphatic carboxylic acids is 1. The van der Waals surface area contributed by atoms with Crippen molar-refractivity contribution in [2.45, 2.75) is 24.4 Å². The van der Waals surface area contributed by atoms with Gasteiger partial charge >= 0.3 is 5.97 Å². The highest BCUT2D eigenvalue weighted by molar-refractivity contribution is 9.10. The predicted molar refractivity (Wildman–Crippen MR) is 54.3 cm³/mol. The van der Waals surface area contributed by atoms with Gasteiger partial charge in [-0.3, -0.25) is 4.79 Å². The first kappa shape index (κ1) is 10.5. The Labute approximate surface area is 94.3 Å². The SMILES string of the molecule is O=C(O)C1(c2ncc(Br)cn2)CC(O)C1. The molecule has 6 heteroatoms. The van der Waals surface area contributed by atoms with Crippen LogP contribution in [-0.2, 0) is 10.2 Å². The van der Waals surface area contributed by atoms with Gasteiger partial charge < -0.3 is 10.2 Å². The molecule has 1 aromatic heterocycles. The fourth-order valence-corrected chi connectivity index (χ4v) is 1.96. The molecule has 80 valence electrons. The molecule has 1 fully saturated rings. The van der Waals surface area contributed by atoms with Crippen LogP contribution in [0.15, 0.2) is 16.9 Å². The van der Waals surface area contributed by atoms with Crippen LogP contribution in [0.3, 0.4) is 0 Å². The molecule has 1 saturated carbocycles. The van der Waals surface area contributed by atoms with Crippen molar-refractivity contribution in [3.8, 4) is 0 Å². The standard InChI is InChI=1S/C9H9BrN2O3/c10-5-3-11-7(12-4-5)9(8(14)15)1-6(13)2-9/h3-4,6,13H,1-2H2,(H,14,15). The Kier molecular flexibility index (Phi) is 2.47. The van der Waals surface area contributed by atoms with E-state index in [1.54, 1.807) is 0 Å². The van der Waals surface area contributed by atoms with Gasteiger partial charge in [0.15, 0.2) is 0 Å². The minimum absolute atomic E-state index is 0.184. The summed E-state index contributed by atoms with van der Waals surface area (Å²) in [6.45, 7) is 0. The van der Waals surface area contributed by atoms with Gasteiger partial charge in [-0.25, -0.2) is 9.97 Å². The van der Waals surface area contributed by atoms with Gasteiger partial charge in [-0.1, -0.05) is 0 Å². The molecule has 5 nitrogen and oxygen atoms in total. The van der Waals surface area contributed by atoms with Gasteiger partial charge in [-0.15, -0.1) is 0 Å². The molecule has 0 amide bonds. The second-order valence-corrected chi connectivity index (χ2v) is 4.59. The van der Waals surface area contributed by atoms with Crippen LogP contribution in [0, 0.1) is 0 Å². The van der Waals surface area contributed by atoms with Crippen LogP contribution in [-0.4, -0.2) is 32.3 Å². The molecule has 2 N–H and O–H groups in total. The van der Waals surface area contributed by atoms with Crippen LogP contribution >= 0.6 is 15.9 Å². The molecule has 0 aliphatic heterocycles. The number of aliphatic hydroxyl groups excluding tert-OH is 1. The van der Waals surface area contributed by atoms with Gasteiger partial charge in [0.1, 0.15) is 11.2 Å². The van der Waals surface area contributed by atoms with Crippen LogP contribution in [0.2, 0.25) is 0 Å². The molecule has 1 aliphatic carbocycles. The summed E-state index contributed by atoms with van der Waals surface area (Å²) in [4.78, 5) is 19.1. The van der Waals surface area contributed by atoms with Gasteiger partial charge in [-0.05, 0) is 28.8 Å². The third kappa shape index (κ3) is 1.63. The van der Waals surface area contributed by atoms with Crippen LogP contribution in [0.25, 0.3) is 0 Å². The van der Waals surface area contributed by atoms with Crippen LogP contribution in [0.4, 0.5) is 0 Å². The van der Waals surface area contributed by atoms with Crippen molar-refractivity contribution in [2.75, 3.05) is 0 Å². The monoisotopic (exact) mass is 272 g/mol. The maximum absolute atomic E-state index is 11.1. The average molecular weight is 273 g/mol. The van der Waals surface area contributed by atoms with E-state index >= 15 is 0 Å². The number of halogens is 1. The van der Waals surface area contributed by atoms with Crippen LogP contribution in [0.1, 0.15) is 18.7 Å². The Hall–Kier alpha value is -1.01. The van der Waals surface area contributed by atoms with E-state index in [0.29, 0.717) is 4.47 Å². The summed E-state index contributed by atoms with van der Waals surface area (Å²) in [6, 6.07) is 0. The third-order valence-corrected chi connectivity index (χ3v) is 3.04. The lowest BCUT2D eigenvalue weighted by Crippen LogP contribution is -2.51. The molecule has 0 spiro atoms. The summed E-state index contributed by atoms with van der Waals surface area (Å²) >= 11 is 3.18. The summed E-state index contributed by atoms with van der Waals surface area (Å²) in [5, 5.41) is 18.3. The van der Waals surface area contributed by atoms with Crippen molar-refractivity contribution < 1.29 is 15.0 Å². The van der Waals surface area contributed by atoms with E-state index in [4.69, 9.17) is 5.11 Å². The topological polar surface area (TPSA) is 83.3 Å². The highest BCUT2D eigenvalue weighted by atomic mass is 79.9. The number of nitrogens with zero attached hydrogens (tertiary/aromatic N) is 2. The first-order valence-corrected chi connectivity index (χ1v) is 5.23. The van der Waals surface area contributed by atoms with Crippen molar-refractivity contribution in [2.24, 2.45) is 0 Å². The lowest BCUT2D eigenvalue weighted by atomic mass is 9.66. The average Bonchev–Trinajstić information content (AvgIpc) is 2.13. The van der Waals surface area contributed by atoms with Crippen molar-refractivity contribution in [3.05, 3.63) is 22.7 Å². The predicted octanol–water partition coefficient (Wildman–Crippen LogP) is 0.716. The van der Waals surface area contributed by atoms with Gasteiger partial charge in [-0.2, -0.15) is 0 Å². The molecule has 1 aliphatic rings. The molecule has 0 bridgehead atoms. The van der Waals surface area contributed by atoms with E-state index in [1.807, 2.05) is 0 Å². The van der Waals surface area contributed by atoms with E-state index in [1.165, 1.54) is 12.4 Å². The smallest absolute Gasteiger partial charge is 0.317 e. The van der Waals surface area contributed by atoms with Gasteiger partial charge in [0.05, 0.1) is 10.6 Å². The minimum atomic E-state index is -1.10. The molecule has 0 saturated heterocycles. The number of hydrogen-bond acceptors (Lipinski definition) is 4. The Morgan fingerprint density at radius 2 is 2.00 bits per heavy atom. The van der Waals surface area contributed by atoms with Crippen molar-refractivity contribution in [1.29, 1.82) is 0 Å². The molecule has 0 atom stereocenters. The fraction of sp³-hybridized carbons (Fsp3) is 0.444. The second-order valence-electron chi connectivity index (χ2n) is 3.67. The summed E-state index contributed by atoms with van der Waals surface area (Å²) in [5.41, 5.74) is -1.10. The Morgan fingerprint density at radius 3 is 2.40 bits per heavy atom. The number of carboxylic acid groups (broad SMARTS) is 1. The van der Waals surface area contributed by atoms with Crippen LogP contribution in [0.5, 0.6) is 0 Å². The van der Waals surface area contributed by atoms with E-state index in [2.05, 4.69) is 25.9 Å². The molecule has 0 radical (unpaired) electrons. The first-order valence-electron chi connectivity index (χ1n) is 4.44. The Balaban J connectivity index is 2.34. The zero-order valence-electron chi connectivity index (χ0n) is 7.72. The Bertz CT molecular complexity index is 387. The fourth-order valence-electron chi connectivity index (χ4n) is 1.76. The van der Waals surface area contributed by atoms with Gasteiger partial charge in [0.25, 0.3) is 0 Å². The number of carbonyl (C=O) groups is 1. The molecule has 1 aromatic rings. The summed E-state index contributed by atoms with van der Waals surface area (Å²) < 4.78 is 0.701. The number of aromatic nitrogens is 2. The highest BCUT2D eigenvalue weighted by Crippen LogP contribution is 2.42. The van der Waals surface area contributed by atoms with Crippen LogP contribution < -0.4 is 0 Å². The van der Waals surface area contributed by atoms with Gasteiger partial charge in [0.2, 0.25) is 0 Å². The number of hydrogen-bond donors (Lipinski definition) is 2. The van der Waals surface area contributed by atoms with Crippen molar-refractivity contribution in [1.82, 2.24) is 9.97 Å². The summed E-state index contributed by atoms with van der Waals surface area (Å²) in [6.07, 6.45) is 2.83. The first-order chi connectivity index (χ1) is 7.04.